The smallest absolute Gasteiger partial charge is 0.234 e. The average Bonchev–Trinajstić information content (AvgIpc) is 2.97. The van der Waals surface area contributed by atoms with E-state index >= 15 is 0 Å². The minimum Gasteiger partial charge on any atom is -0.493 e. The largest absolute Gasteiger partial charge is 0.493 e. The van der Waals surface area contributed by atoms with Gasteiger partial charge in [-0.1, -0.05) is 36.4 Å². The molecule has 2 aromatic carbocycles. The molecule has 0 spiro atoms. The van der Waals surface area contributed by atoms with Crippen LogP contribution in [0.15, 0.2) is 48.5 Å². The van der Waals surface area contributed by atoms with Crippen LogP contribution in [0.5, 0.6) is 11.5 Å². The molecule has 1 saturated heterocycles. The standard InChI is InChI=1S/C23H31N3O3/c1-28-21-10-9-20(15-22(21)29-2)16-24-23(27)18-26-12-6-11-25(13-14-26)17-19-7-4-3-5-8-19/h3-5,7-10,15H,6,11-14,16-18H2,1-2H3,(H,24,27). The molecule has 6 heteroatoms. The topological polar surface area (TPSA) is 54.0 Å². The molecule has 2 aromatic rings. The summed E-state index contributed by atoms with van der Waals surface area (Å²) in [4.78, 5) is 17.1. The van der Waals surface area contributed by atoms with Crippen molar-refractivity contribution in [2.75, 3.05) is 46.9 Å². The van der Waals surface area contributed by atoms with E-state index in [1.54, 1.807) is 14.2 Å². The van der Waals surface area contributed by atoms with Crippen molar-refractivity contribution in [2.24, 2.45) is 0 Å². The van der Waals surface area contributed by atoms with Gasteiger partial charge in [0.05, 0.1) is 20.8 Å². The Hall–Kier alpha value is -2.57. The number of nitrogens with one attached hydrogen (secondary N) is 1. The van der Waals surface area contributed by atoms with Crippen LogP contribution in [0.3, 0.4) is 0 Å². The average molecular weight is 398 g/mol. The molecule has 0 unspecified atom stereocenters. The number of benzene rings is 2. The maximum absolute atomic E-state index is 12.4. The number of amides is 1. The zero-order valence-electron chi connectivity index (χ0n) is 17.4. The summed E-state index contributed by atoms with van der Waals surface area (Å²) in [5, 5.41) is 3.02. The summed E-state index contributed by atoms with van der Waals surface area (Å²) in [5.41, 5.74) is 2.33. The molecule has 1 fully saturated rings. The van der Waals surface area contributed by atoms with E-state index < -0.39 is 0 Å². The van der Waals surface area contributed by atoms with E-state index in [1.165, 1.54) is 5.56 Å². The van der Waals surface area contributed by atoms with Crippen LogP contribution in [-0.2, 0) is 17.9 Å². The molecule has 0 atom stereocenters. The highest BCUT2D eigenvalue weighted by molar-refractivity contribution is 5.78. The summed E-state index contributed by atoms with van der Waals surface area (Å²) in [6.07, 6.45) is 1.08. The maximum atomic E-state index is 12.4. The van der Waals surface area contributed by atoms with Crippen LogP contribution in [0.1, 0.15) is 17.5 Å². The third-order valence-corrected chi connectivity index (χ3v) is 5.23. The first kappa shape index (κ1) is 21.1. The fourth-order valence-electron chi connectivity index (χ4n) is 3.63. The molecule has 1 aliphatic heterocycles. The molecule has 1 N–H and O–H groups in total. The van der Waals surface area contributed by atoms with Gasteiger partial charge in [-0.2, -0.15) is 0 Å². The first-order chi connectivity index (χ1) is 14.2. The predicted molar refractivity (Wildman–Crippen MR) is 114 cm³/mol. The highest BCUT2D eigenvalue weighted by Crippen LogP contribution is 2.27. The molecule has 1 amide bonds. The summed E-state index contributed by atoms with van der Waals surface area (Å²) < 4.78 is 10.6. The summed E-state index contributed by atoms with van der Waals surface area (Å²) in [6.45, 7) is 5.81. The Balaban J connectivity index is 1.43. The van der Waals surface area contributed by atoms with Gasteiger partial charge < -0.3 is 14.8 Å². The van der Waals surface area contributed by atoms with Crippen LogP contribution in [-0.4, -0.2) is 62.7 Å². The van der Waals surface area contributed by atoms with Gasteiger partial charge in [0, 0.05) is 26.2 Å². The Bertz CT molecular complexity index is 782. The van der Waals surface area contributed by atoms with E-state index in [0.717, 1.165) is 44.7 Å². The number of nitrogens with zero attached hydrogens (tertiary/aromatic N) is 2. The second-order valence-corrected chi connectivity index (χ2v) is 7.36. The highest BCUT2D eigenvalue weighted by Gasteiger charge is 2.17. The van der Waals surface area contributed by atoms with Crippen LogP contribution < -0.4 is 14.8 Å². The summed E-state index contributed by atoms with van der Waals surface area (Å²) in [7, 11) is 3.22. The molecule has 0 saturated carbocycles. The van der Waals surface area contributed by atoms with Gasteiger partial charge in [-0.25, -0.2) is 0 Å². The molecule has 0 radical (unpaired) electrons. The number of carbonyl (C=O) groups excluding carboxylic acids is 1. The SMILES string of the molecule is COc1ccc(CNC(=O)CN2CCCN(Cc3ccccc3)CC2)cc1OC. The van der Waals surface area contributed by atoms with Crippen molar-refractivity contribution >= 4 is 5.91 Å². The molecular weight excluding hydrogens is 366 g/mol. The lowest BCUT2D eigenvalue weighted by atomic mass is 10.2. The third-order valence-electron chi connectivity index (χ3n) is 5.23. The van der Waals surface area contributed by atoms with Crippen LogP contribution >= 0.6 is 0 Å². The van der Waals surface area contributed by atoms with Gasteiger partial charge >= 0.3 is 0 Å². The van der Waals surface area contributed by atoms with Crippen molar-refractivity contribution < 1.29 is 14.3 Å². The first-order valence-electron chi connectivity index (χ1n) is 10.1. The predicted octanol–water partition coefficient (Wildman–Crippen LogP) is 2.53. The Morgan fingerprint density at radius 1 is 0.897 bits per heavy atom. The number of ether oxygens (including phenoxy) is 2. The number of rotatable bonds is 8. The van der Waals surface area contributed by atoms with Crippen molar-refractivity contribution in [3.63, 3.8) is 0 Å². The fourth-order valence-corrected chi connectivity index (χ4v) is 3.63. The van der Waals surface area contributed by atoms with Crippen molar-refractivity contribution in [1.29, 1.82) is 0 Å². The van der Waals surface area contributed by atoms with E-state index in [2.05, 4.69) is 39.4 Å². The van der Waals surface area contributed by atoms with Crippen molar-refractivity contribution in [1.82, 2.24) is 15.1 Å². The molecule has 1 heterocycles. The fraction of sp³-hybridized carbons (Fsp3) is 0.435. The molecule has 0 aromatic heterocycles. The Morgan fingerprint density at radius 2 is 1.62 bits per heavy atom. The lowest BCUT2D eigenvalue weighted by Gasteiger charge is -2.21. The van der Waals surface area contributed by atoms with Gasteiger partial charge in [0.1, 0.15) is 0 Å². The van der Waals surface area contributed by atoms with Crippen LogP contribution in [0.2, 0.25) is 0 Å². The molecule has 0 aliphatic carbocycles. The number of methoxy groups -OCH3 is 2. The van der Waals surface area contributed by atoms with Gasteiger partial charge in [-0.15, -0.1) is 0 Å². The normalized spacial score (nSPS) is 15.5. The first-order valence-corrected chi connectivity index (χ1v) is 10.1. The van der Waals surface area contributed by atoms with Crippen LogP contribution in [0, 0.1) is 0 Å². The number of hydrogen-bond donors (Lipinski definition) is 1. The Kier molecular flexibility index (Phi) is 7.90. The second-order valence-electron chi connectivity index (χ2n) is 7.36. The van der Waals surface area contributed by atoms with Gasteiger partial charge in [0.15, 0.2) is 11.5 Å². The number of carbonyl (C=O) groups is 1. The van der Waals surface area contributed by atoms with Crippen LogP contribution in [0.4, 0.5) is 0 Å². The zero-order chi connectivity index (χ0) is 20.5. The van der Waals surface area contributed by atoms with E-state index in [9.17, 15) is 4.79 Å². The molecular formula is C23H31N3O3. The van der Waals surface area contributed by atoms with Crippen molar-refractivity contribution in [2.45, 2.75) is 19.5 Å². The van der Waals surface area contributed by atoms with E-state index in [4.69, 9.17) is 9.47 Å². The molecule has 0 bridgehead atoms. The molecule has 1 aliphatic rings. The lowest BCUT2D eigenvalue weighted by molar-refractivity contribution is -0.122. The summed E-state index contributed by atoms with van der Waals surface area (Å²) >= 11 is 0. The molecule has 3 rings (SSSR count). The quantitative estimate of drug-likeness (QED) is 0.742. The van der Waals surface area contributed by atoms with E-state index in [0.29, 0.717) is 24.6 Å². The molecule has 29 heavy (non-hydrogen) atoms. The van der Waals surface area contributed by atoms with Crippen molar-refractivity contribution in [3.05, 3.63) is 59.7 Å². The van der Waals surface area contributed by atoms with E-state index in [-0.39, 0.29) is 5.91 Å². The van der Waals surface area contributed by atoms with Crippen molar-refractivity contribution in [3.8, 4) is 11.5 Å². The monoisotopic (exact) mass is 397 g/mol. The zero-order valence-corrected chi connectivity index (χ0v) is 17.4. The van der Waals surface area contributed by atoms with Gasteiger partial charge in [0.2, 0.25) is 5.91 Å². The minimum absolute atomic E-state index is 0.0521. The molecule has 6 nitrogen and oxygen atoms in total. The van der Waals surface area contributed by atoms with Gasteiger partial charge in [-0.3, -0.25) is 14.6 Å². The highest BCUT2D eigenvalue weighted by atomic mass is 16.5. The lowest BCUT2D eigenvalue weighted by Crippen LogP contribution is -2.39. The minimum atomic E-state index is 0.0521. The summed E-state index contributed by atoms with van der Waals surface area (Å²) in [6, 6.07) is 16.3. The second kappa shape index (κ2) is 10.8. The summed E-state index contributed by atoms with van der Waals surface area (Å²) in [5.74, 6) is 1.41. The Labute approximate surface area is 173 Å². The third kappa shape index (κ3) is 6.48. The Morgan fingerprint density at radius 3 is 2.38 bits per heavy atom. The van der Waals surface area contributed by atoms with Crippen LogP contribution in [0.25, 0.3) is 0 Å². The van der Waals surface area contributed by atoms with Gasteiger partial charge in [0.25, 0.3) is 0 Å². The number of hydrogen-bond acceptors (Lipinski definition) is 5. The molecule has 156 valence electrons. The van der Waals surface area contributed by atoms with E-state index in [1.807, 2.05) is 24.3 Å². The maximum Gasteiger partial charge on any atom is 0.234 e. The van der Waals surface area contributed by atoms with Gasteiger partial charge in [-0.05, 0) is 42.8 Å².